The van der Waals surface area contributed by atoms with Crippen molar-refractivity contribution in [1.82, 2.24) is 10.6 Å². The minimum Gasteiger partial charge on any atom is -0.460 e. The lowest BCUT2D eigenvalue weighted by Crippen LogP contribution is -2.32. The number of nitrogens with one attached hydrogen (secondary N) is 2. The fourth-order valence-corrected chi connectivity index (χ4v) is 1.79. The fraction of sp³-hybridized carbons (Fsp3) is 0.526. The van der Waals surface area contributed by atoms with Gasteiger partial charge in [-0.25, -0.2) is 4.79 Å². The summed E-state index contributed by atoms with van der Waals surface area (Å²) in [7, 11) is 0. The van der Waals surface area contributed by atoms with Crippen LogP contribution in [0.5, 0.6) is 5.75 Å². The van der Waals surface area contributed by atoms with E-state index in [0.717, 1.165) is 12.0 Å². The molecule has 0 aliphatic heterocycles. The number of amides is 2. The van der Waals surface area contributed by atoms with Crippen molar-refractivity contribution in [1.29, 1.82) is 0 Å². The van der Waals surface area contributed by atoms with Crippen molar-refractivity contribution in [3.05, 3.63) is 29.8 Å². The van der Waals surface area contributed by atoms with Crippen molar-refractivity contribution < 1.29 is 23.9 Å². The van der Waals surface area contributed by atoms with Crippen LogP contribution in [0.3, 0.4) is 0 Å². The number of ether oxygens (including phenoxy) is 2. The number of carbonyl (C=O) groups is 3. The molecule has 0 saturated carbocycles. The average Bonchev–Trinajstić information content (AvgIpc) is 2.58. The lowest BCUT2D eigenvalue weighted by molar-refractivity contribution is -0.154. The normalized spacial score (nSPS) is 10.8. The summed E-state index contributed by atoms with van der Waals surface area (Å²) >= 11 is 0. The van der Waals surface area contributed by atoms with E-state index in [9.17, 15) is 14.4 Å². The molecule has 7 nitrogen and oxygen atoms in total. The Balaban J connectivity index is 2.34. The van der Waals surface area contributed by atoms with Crippen LogP contribution in [0.4, 0.5) is 4.79 Å². The second-order valence-electron chi connectivity index (χ2n) is 6.89. The van der Waals surface area contributed by atoms with Gasteiger partial charge in [0.15, 0.2) is 0 Å². The summed E-state index contributed by atoms with van der Waals surface area (Å²) in [6.45, 7) is 8.33. The Bertz CT molecular complexity index is 605. The van der Waals surface area contributed by atoms with E-state index in [1.165, 1.54) is 0 Å². The minimum atomic E-state index is -0.625. The van der Waals surface area contributed by atoms with Gasteiger partial charge < -0.3 is 20.1 Å². The van der Waals surface area contributed by atoms with Gasteiger partial charge in [0.25, 0.3) is 0 Å². The van der Waals surface area contributed by atoms with Crippen LogP contribution in [0.2, 0.25) is 0 Å². The molecule has 1 aromatic carbocycles. The van der Waals surface area contributed by atoms with Gasteiger partial charge in [-0.05, 0) is 44.9 Å². The van der Waals surface area contributed by atoms with Gasteiger partial charge in [0.1, 0.15) is 12.4 Å². The van der Waals surface area contributed by atoms with Crippen LogP contribution in [0.15, 0.2) is 24.3 Å². The monoisotopic (exact) mass is 364 g/mol. The standard InChI is InChI=1S/C19H28N2O5/c1-5-11-20-16(22)10-12-21-18(24)26-15-8-6-14(7-9-15)13-25-17(23)19(2,3)4/h6-9H,5,10-13H2,1-4H3,(H,20,22)(H,21,24). The van der Waals surface area contributed by atoms with E-state index in [4.69, 9.17) is 9.47 Å². The van der Waals surface area contributed by atoms with Gasteiger partial charge in [-0.15, -0.1) is 0 Å². The van der Waals surface area contributed by atoms with Crippen LogP contribution in [-0.4, -0.2) is 31.1 Å². The molecule has 2 amide bonds. The summed E-state index contributed by atoms with van der Waals surface area (Å²) in [5.41, 5.74) is 0.247. The fourth-order valence-electron chi connectivity index (χ4n) is 1.79. The van der Waals surface area contributed by atoms with Gasteiger partial charge in [0.05, 0.1) is 5.41 Å². The molecule has 0 unspecified atom stereocenters. The summed E-state index contributed by atoms with van der Waals surface area (Å²) in [6, 6.07) is 6.68. The van der Waals surface area contributed by atoms with E-state index in [-0.39, 0.29) is 31.4 Å². The van der Waals surface area contributed by atoms with Crippen molar-refractivity contribution in [3.8, 4) is 5.75 Å². The molecule has 0 spiro atoms. The summed E-state index contributed by atoms with van der Waals surface area (Å²) in [6.07, 6.45) is 0.444. The summed E-state index contributed by atoms with van der Waals surface area (Å²) in [5, 5.41) is 5.24. The predicted octanol–water partition coefficient (Wildman–Crippen LogP) is 2.78. The van der Waals surface area contributed by atoms with Crippen LogP contribution >= 0.6 is 0 Å². The Hall–Kier alpha value is -2.57. The molecule has 0 radical (unpaired) electrons. The van der Waals surface area contributed by atoms with Crippen molar-refractivity contribution in [2.45, 2.75) is 47.1 Å². The molecule has 1 aromatic rings. The van der Waals surface area contributed by atoms with Crippen LogP contribution in [0.1, 0.15) is 46.1 Å². The summed E-state index contributed by atoms with van der Waals surface area (Å²) in [5.74, 6) is -0.0229. The SMILES string of the molecule is CCCNC(=O)CCNC(=O)Oc1ccc(COC(=O)C(C)(C)C)cc1. The van der Waals surface area contributed by atoms with Gasteiger partial charge >= 0.3 is 12.1 Å². The van der Waals surface area contributed by atoms with E-state index in [0.29, 0.717) is 12.3 Å². The van der Waals surface area contributed by atoms with E-state index in [1.54, 1.807) is 45.0 Å². The Morgan fingerprint density at radius 3 is 2.23 bits per heavy atom. The zero-order chi connectivity index (χ0) is 19.6. The minimum absolute atomic E-state index is 0.110. The maximum absolute atomic E-state index is 11.7. The highest BCUT2D eigenvalue weighted by Gasteiger charge is 2.22. The molecule has 0 bridgehead atoms. The molecule has 144 valence electrons. The maximum atomic E-state index is 11.7. The first kappa shape index (κ1) is 21.5. The Labute approximate surface area is 154 Å². The molecule has 0 aromatic heterocycles. The van der Waals surface area contributed by atoms with Gasteiger partial charge in [0.2, 0.25) is 5.91 Å². The lowest BCUT2D eigenvalue weighted by Gasteiger charge is -2.16. The van der Waals surface area contributed by atoms with E-state index >= 15 is 0 Å². The highest BCUT2D eigenvalue weighted by Crippen LogP contribution is 2.18. The molecule has 2 N–H and O–H groups in total. The number of hydrogen-bond acceptors (Lipinski definition) is 5. The number of hydrogen-bond donors (Lipinski definition) is 2. The number of rotatable bonds is 8. The molecule has 1 rings (SSSR count). The average molecular weight is 364 g/mol. The molecular weight excluding hydrogens is 336 g/mol. The van der Waals surface area contributed by atoms with Crippen molar-refractivity contribution in [3.63, 3.8) is 0 Å². The third kappa shape index (κ3) is 8.50. The van der Waals surface area contributed by atoms with Gasteiger partial charge in [0, 0.05) is 19.5 Å². The maximum Gasteiger partial charge on any atom is 0.412 e. The molecule has 26 heavy (non-hydrogen) atoms. The zero-order valence-electron chi connectivity index (χ0n) is 15.9. The van der Waals surface area contributed by atoms with Crippen LogP contribution in [0.25, 0.3) is 0 Å². The first-order valence-corrected chi connectivity index (χ1v) is 8.71. The molecule has 0 atom stereocenters. The molecule has 0 heterocycles. The zero-order valence-corrected chi connectivity index (χ0v) is 15.9. The van der Waals surface area contributed by atoms with Crippen LogP contribution in [-0.2, 0) is 20.9 Å². The number of benzene rings is 1. The van der Waals surface area contributed by atoms with Gasteiger partial charge in [-0.3, -0.25) is 9.59 Å². The highest BCUT2D eigenvalue weighted by molar-refractivity contribution is 5.77. The Kier molecular flexibility index (Phi) is 8.61. The molecule has 0 saturated heterocycles. The topological polar surface area (TPSA) is 93.7 Å². The number of carbonyl (C=O) groups excluding carboxylic acids is 3. The largest absolute Gasteiger partial charge is 0.460 e. The molecule has 7 heteroatoms. The predicted molar refractivity (Wildman–Crippen MR) is 97.6 cm³/mol. The molecule has 0 fully saturated rings. The van der Waals surface area contributed by atoms with Gasteiger partial charge in [-0.1, -0.05) is 19.1 Å². The van der Waals surface area contributed by atoms with Crippen LogP contribution < -0.4 is 15.4 Å². The molecular formula is C19H28N2O5. The highest BCUT2D eigenvalue weighted by atomic mass is 16.6. The summed E-state index contributed by atoms with van der Waals surface area (Å²) < 4.78 is 10.3. The Morgan fingerprint density at radius 2 is 1.65 bits per heavy atom. The second kappa shape index (κ2) is 10.4. The summed E-state index contributed by atoms with van der Waals surface area (Å²) in [4.78, 5) is 34.8. The van der Waals surface area contributed by atoms with E-state index in [1.807, 2.05) is 6.92 Å². The smallest absolute Gasteiger partial charge is 0.412 e. The first-order valence-electron chi connectivity index (χ1n) is 8.71. The number of esters is 1. The first-order chi connectivity index (χ1) is 12.2. The van der Waals surface area contributed by atoms with E-state index in [2.05, 4.69) is 10.6 Å². The Morgan fingerprint density at radius 1 is 1.00 bits per heavy atom. The molecule has 0 aliphatic rings. The van der Waals surface area contributed by atoms with Crippen molar-refractivity contribution in [2.24, 2.45) is 5.41 Å². The lowest BCUT2D eigenvalue weighted by atomic mass is 9.97. The second-order valence-corrected chi connectivity index (χ2v) is 6.89. The van der Waals surface area contributed by atoms with E-state index < -0.39 is 11.5 Å². The quantitative estimate of drug-likeness (QED) is 0.692. The molecule has 0 aliphatic carbocycles. The third-order valence-electron chi connectivity index (χ3n) is 3.31. The van der Waals surface area contributed by atoms with Crippen molar-refractivity contribution >= 4 is 18.0 Å². The van der Waals surface area contributed by atoms with Gasteiger partial charge in [-0.2, -0.15) is 0 Å². The van der Waals surface area contributed by atoms with Crippen molar-refractivity contribution in [2.75, 3.05) is 13.1 Å². The van der Waals surface area contributed by atoms with Crippen LogP contribution in [0, 0.1) is 5.41 Å². The third-order valence-corrected chi connectivity index (χ3v) is 3.31.